The highest BCUT2D eigenvalue weighted by molar-refractivity contribution is 6.37. The van der Waals surface area contributed by atoms with Crippen LogP contribution < -0.4 is 0 Å². The molecule has 1 aromatic carbocycles. The number of hydrogen-bond donors (Lipinski definition) is 0. The normalized spacial score (nSPS) is 10.7. The lowest BCUT2D eigenvalue weighted by atomic mass is 10.1. The van der Waals surface area contributed by atoms with Gasteiger partial charge in [0.25, 0.3) is 0 Å². The Bertz CT molecular complexity index is 532. The lowest BCUT2D eigenvalue weighted by molar-refractivity contribution is 0.628. The Morgan fingerprint density at radius 2 is 1.61 bits per heavy atom. The SMILES string of the molecule is CCCc1nc(Cl)c(-c2ccc(F)cc2)c(Cl)n1. The Labute approximate surface area is 115 Å². The average Bonchev–Trinajstić information content (AvgIpc) is 2.31. The van der Waals surface area contributed by atoms with Gasteiger partial charge in [0.05, 0.1) is 5.56 Å². The van der Waals surface area contributed by atoms with E-state index in [-0.39, 0.29) is 5.82 Å². The molecule has 2 rings (SSSR count). The van der Waals surface area contributed by atoms with E-state index in [1.165, 1.54) is 12.1 Å². The maximum Gasteiger partial charge on any atom is 0.142 e. The summed E-state index contributed by atoms with van der Waals surface area (Å²) in [5.74, 6) is 0.313. The van der Waals surface area contributed by atoms with Crippen molar-refractivity contribution in [3.05, 3.63) is 46.2 Å². The van der Waals surface area contributed by atoms with E-state index in [0.29, 0.717) is 27.3 Å². The third-order valence-corrected chi connectivity index (χ3v) is 3.02. The van der Waals surface area contributed by atoms with Crippen molar-refractivity contribution < 1.29 is 4.39 Å². The number of nitrogens with zero attached hydrogens (tertiary/aromatic N) is 2. The van der Waals surface area contributed by atoms with Crippen LogP contribution in [0.4, 0.5) is 4.39 Å². The lowest BCUT2D eigenvalue weighted by Crippen LogP contribution is -1.98. The summed E-state index contributed by atoms with van der Waals surface area (Å²) in [7, 11) is 0. The van der Waals surface area contributed by atoms with E-state index >= 15 is 0 Å². The van der Waals surface area contributed by atoms with Crippen molar-refractivity contribution in [2.24, 2.45) is 0 Å². The first-order valence-corrected chi connectivity index (χ1v) is 6.35. The van der Waals surface area contributed by atoms with Gasteiger partial charge < -0.3 is 0 Å². The molecule has 0 fully saturated rings. The van der Waals surface area contributed by atoms with E-state index in [0.717, 1.165) is 12.8 Å². The molecular weight excluding hydrogens is 274 g/mol. The molecule has 5 heteroatoms. The molecule has 0 N–H and O–H groups in total. The van der Waals surface area contributed by atoms with Crippen LogP contribution in [0.25, 0.3) is 11.1 Å². The van der Waals surface area contributed by atoms with Crippen molar-refractivity contribution in [3.63, 3.8) is 0 Å². The molecule has 2 nitrogen and oxygen atoms in total. The van der Waals surface area contributed by atoms with Crippen molar-refractivity contribution >= 4 is 23.2 Å². The molecule has 0 saturated carbocycles. The van der Waals surface area contributed by atoms with E-state index in [2.05, 4.69) is 9.97 Å². The van der Waals surface area contributed by atoms with Crippen LogP contribution in [0, 0.1) is 5.82 Å². The maximum atomic E-state index is 12.9. The summed E-state index contributed by atoms with van der Waals surface area (Å²) in [5, 5.41) is 0.593. The molecule has 1 aromatic heterocycles. The number of rotatable bonds is 3. The van der Waals surface area contributed by atoms with Gasteiger partial charge in [-0.3, -0.25) is 0 Å². The molecule has 0 atom stereocenters. The van der Waals surface area contributed by atoms with Crippen molar-refractivity contribution in [2.45, 2.75) is 19.8 Å². The summed E-state index contributed by atoms with van der Waals surface area (Å²) in [6, 6.07) is 5.90. The van der Waals surface area contributed by atoms with E-state index in [1.807, 2.05) is 6.92 Å². The highest BCUT2D eigenvalue weighted by Crippen LogP contribution is 2.32. The van der Waals surface area contributed by atoms with Crippen LogP contribution in [0.2, 0.25) is 10.3 Å². The van der Waals surface area contributed by atoms with Crippen molar-refractivity contribution in [3.8, 4) is 11.1 Å². The fourth-order valence-corrected chi connectivity index (χ4v) is 2.28. The van der Waals surface area contributed by atoms with E-state index < -0.39 is 0 Å². The van der Waals surface area contributed by atoms with Gasteiger partial charge in [0, 0.05) is 6.42 Å². The smallest absolute Gasteiger partial charge is 0.142 e. The minimum atomic E-state index is -0.311. The maximum absolute atomic E-state index is 12.9. The molecule has 0 radical (unpaired) electrons. The monoisotopic (exact) mass is 284 g/mol. The minimum absolute atomic E-state index is 0.296. The predicted molar refractivity (Wildman–Crippen MR) is 71.4 cm³/mol. The molecule has 0 aliphatic carbocycles. The van der Waals surface area contributed by atoms with Crippen LogP contribution in [-0.2, 0) is 6.42 Å². The molecule has 0 saturated heterocycles. The summed E-state index contributed by atoms with van der Waals surface area (Å²) >= 11 is 12.2. The second-order valence-corrected chi connectivity index (χ2v) is 4.57. The van der Waals surface area contributed by atoms with Gasteiger partial charge in [-0.1, -0.05) is 42.3 Å². The van der Waals surface area contributed by atoms with Gasteiger partial charge >= 0.3 is 0 Å². The topological polar surface area (TPSA) is 25.8 Å². The molecule has 18 heavy (non-hydrogen) atoms. The van der Waals surface area contributed by atoms with Crippen molar-refractivity contribution in [1.29, 1.82) is 0 Å². The second kappa shape index (κ2) is 5.63. The standard InChI is InChI=1S/C13H11Cl2FN2/c1-2-3-10-17-12(14)11(13(15)18-10)8-4-6-9(16)7-5-8/h4-7H,2-3H2,1H3. The van der Waals surface area contributed by atoms with Gasteiger partial charge in [-0.25, -0.2) is 14.4 Å². The first kappa shape index (κ1) is 13.2. The Morgan fingerprint density at radius 1 is 1.06 bits per heavy atom. The molecule has 0 spiro atoms. The molecule has 0 amide bonds. The van der Waals surface area contributed by atoms with E-state index in [4.69, 9.17) is 23.2 Å². The zero-order chi connectivity index (χ0) is 13.1. The summed E-state index contributed by atoms with van der Waals surface area (Å²) in [4.78, 5) is 8.40. The van der Waals surface area contributed by atoms with E-state index in [1.54, 1.807) is 12.1 Å². The molecule has 0 aliphatic heterocycles. The Hall–Kier alpha value is -1.19. The second-order valence-electron chi connectivity index (χ2n) is 3.85. The summed E-state index contributed by atoms with van der Waals surface area (Å²) in [5.41, 5.74) is 1.24. The van der Waals surface area contributed by atoms with Gasteiger partial charge in [-0.05, 0) is 24.1 Å². The summed E-state index contributed by atoms with van der Waals surface area (Å²) in [6.45, 7) is 2.03. The van der Waals surface area contributed by atoms with Crippen LogP contribution in [0.3, 0.4) is 0 Å². The zero-order valence-corrected chi connectivity index (χ0v) is 11.3. The fraction of sp³-hybridized carbons (Fsp3) is 0.231. The Morgan fingerprint density at radius 3 is 2.11 bits per heavy atom. The average molecular weight is 285 g/mol. The molecule has 94 valence electrons. The molecule has 0 aliphatic rings. The predicted octanol–water partition coefficient (Wildman–Crippen LogP) is 4.54. The summed E-state index contributed by atoms with van der Waals surface area (Å²) in [6.07, 6.45) is 1.64. The first-order valence-electron chi connectivity index (χ1n) is 5.59. The first-order chi connectivity index (χ1) is 8.61. The van der Waals surface area contributed by atoms with E-state index in [9.17, 15) is 4.39 Å². The van der Waals surface area contributed by atoms with Gasteiger partial charge in [0.2, 0.25) is 0 Å². The summed E-state index contributed by atoms with van der Waals surface area (Å²) < 4.78 is 12.9. The Kier molecular flexibility index (Phi) is 4.15. The van der Waals surface area contributed by atoms with Crippen LogP contribution in [-0.4, -0.2) is 9.97 Å². The number of aryl methyl sites for hydroxylation is 1. The van der Waals surface area contributed by atoms with Crippen LogP contribution in [0.15, 0.2) is 24.3 Å². The molecule has 0 bridgehead atoms. The van der Waals surface area contributed by atoms with Crippen molar-refractivity contribution in [2.75, 3.05) is 0 Å². The van der Waals surface area contributed by atoms with Crippen molar-refractivity contribution in [1.82, 2.24) is 9.97 Å². The largest absolute Gasteiger partial charge is 0.220 e. The number of hydrogen-bond acceptors (Lipinski definition) is 2. The molecule has 1 heterocycles. The van der Waals surface area contributed by atoms with Gasteiger partial charge in [0.1, 0.15) is 21.9 Å². The molecule has 0 unspecified atom stereocenters. The quantitative estimate of drug-likeness (QED) is 0.773. The van der Waals surface area contributed by atoms with Gasteiger partial charge in [0.15, 0.2) is 0 Å². The van der Waals surface area contributed by atoms with Crippen LogP contribution in [0.5, 0.6) is 0 Å². The number of halogens is 3. The van der Waals surface area contributed by atoms with Gasteiger partial charge in [-0.15, -0.1) is 0 Å². The Balaban J connectivity index is 2.48. The molecule has 2 aromatic rings. The lowest BCUT2D eigenvalue weighted by Gasteiger charge is -2.08. The third kappa shape index (κ3) is 2.79. The molecular formula is C13H11Cl2FN2. The third-order valence-electron chi connectivity index (χ3n) is 2.47. The number of benzene rings is 1. The minimum Gasteiger partial charge on any atom is -0.220 e. The fourth-order valence-electron chi connectivity index (χ4n) is 1.64. The zero-order valence-electron chi connectivity index (χ0n) is 9.75. The van der Waals surface area contributed by atoms with Gasteiger partial charge in [-0.2, -0.15) is 0 Å². The van der Waals surface area contributed by atoms with Crippen LogP contribution >= 0.6 is 23.2 Å². The van der Waals surface area contributed by atoms with Crippen LogP contribution in [0.1, 0.15) is 19.2 Å². The highest BCUT2D eigenvalue weighted by Gasteiger charge is 2.13. The highest BCUT2D eigenvalue weighted by atomic mass is 35.5. The number of aromatic nitrogens is 2.